The number of rotatable bonds is 9. The molecule has 0 radical (unpaired) electrons. The number of alkyl halides is 2. The van der Waals surface area contributed by atoms with E-state index in [-0.39, 0.29) is 31.4 Å². The topological polar surface area (TPSA) is 66.6 Å². The Hall–Kier alpha value is -0.750. The summed E-state index contributed by atoms with van der Waals surface area (Å²) in [7, 11) is 0. The van der Waals surface area contributed by atoms with Crippen molar-refractivity contribution in [3.05, 3.63) is 0 Å². The molecule has 0 fully saturated rings. The number of nitrogens with two attached hydrogens (primary N) is 1. The van der Waals surface area contributed by atoms with E-state index in [1.54, 1.807) is 0 Å². The van der Waals surface area contributed by atoms with Crippen LogP contribution in [-0.2, 0) is 4.79 Å². The third-order valence-electron chi connectivity index (χ3n) is 2.68. The van der Waals surface area contributed by atoms with E-state index in [2.05, 4.69) is 0 Å². The molecule has 0 aromatic carbocycles. The fraction of sp³-hybridized carbons (Fsp3) is 0.917. The van der Waals surface area contributed by atoms with Gasteiger partial charge in [-0.1, -0.05) is 13.8 Å². The maximum atomic E-state index is 12.3. The van der Waals surface area contributed by atoms with Crippen molar-refractivity contribution in [2.75, 3.05) is 26.2 Å². The second-order valence-electron chi connectivity index (χ2n) is 4.89. The molecule has 0 aliphatic heterocycles. The van der Waals surface area contributed by atoms with Crippen molar-refractivity contribution in [3.8, 4) is 0 Å². The molecule has 108 valence electrons. The van der Waals surface area contributed by atoms with Crippen LogP contribution in [0.3, 0.4) is 0 Å². The number of amides is 1. The molecule has 6 heteroatoms. The highest BCUT2D eigenvalue weighted by Gasteiger charge is 2.21. The van der Waals surface area contributed by atoms with Gasteiger partial charge in [0.1, 0.15) is 0 Å². The highest BCUT2D eigenvalue weighted by atomic mass is 19.3. The minimum atomic E-state index is -2.58. The van der Waals surface area contributed by atoms with E-state index in [1.807, 2.05) is 13.8 Å². The van der Waals surface area contributed by atoms with Crippen LogP contribution < -0.4 is 5.73 Å². The molecule has 3 N–H and O–H groups in total. The molecule has 1 atom stereocenters. The number of carbonyl (C=O) groups is 1. The molecular formula is C12H24F2N2O2. The molecular weight excluding hydrogens is 242 g/mol. The van der Waals surface area contributed by atoms with Crippen LogP contribution in [0.2, 0.25) is 0 Å². The molecule has 0 aliphatic rings. The Labute approximate surface area is 107 Å². The highest BCUT2D eigenvalue weighted by molar-refractivity contribution is 5.76. The number of aliphatic hydroxyl groups is 1. The number of halogens is 2. The van der Waals surface area contributed by atoms with Crippen molar-refractivity contribution in [2.24, 2.45) is 17.6 Å². The van der Waals surface area contributed by atoms with Gasteiger partial charge in [-0.25, -0.2) is 8.78 Å². The second-order valence-corrected chi connectivity index (χ2v) is 4.89. The normalized spacial score (nSPS) is 13.1. The average Bonchev–Trinajstić information content (AvgIpc) is 2.26. The van der Waals surface area contributed by atoms with E-state index in [4.69, 9.17) is 10.8 Å². The Morgan fingerprint density at radius 2 is 2.00 bits per heavy atom. The fourth-order valence-electron chi connectivity index (χ4n) is 1.91. The van der Waals surface area contributed by atoms with Gasteiger partial charge < -0.3 is 15.7 Å². The lowest BCUT2D eigenvalue weighted by Gasteiger charge is -2.24. The molecule has 18 heavy (non-hydrogen) atoms. The predicted molar refractivity (Wildman–Crippen MR) is 66.3 cm³/mol. The largest absolute Gasteiger partial charge is 0.395 e. The first kappa shape index (κ1) is 17.2. The number of nitrogens with zero attached hydrogens (tertiary/aromatic N) is 1. The lowest BCUT2D eigenvalue weighted by molar-refractivity contribution is -0.134. The monoisotopic (exact) mass is 266 g/mol. The summed E-state index contributed by atoms with van der Waals surface area (Å²) >= 11 is 0. The van der Waals surface area contributed by atoms with Crippen molar-refractivity contribution in [1.82, 2.24) is 4.90 Å². The Balaban J connectivity index is 4.37. The SMILES string of the molecule is CC(C)CC(CN)CC(=O)N(CCO)CC(F)F. The van der Waals surface area contributed by atoms with Crippen LogP contribution in [0, 0.1) is 11.8 Å². The van der Waals surface area contributed by atoms with Crippen molar-refractivity contribution >= 4 is 5.91 Å². The molecule has 0 spiro atoms. The second kappa shape index (κ2) is 9.22. The molecule has 0 bridgehead atoms. The summed E-state index contributed by atoms with van der Waals surface area (Å²) in [6.45, 7) is 3.43. The lowest BCUT2D eigenvalue weighted by atomic mass is 9.94. The van der Waals surface area contributed by atoms with Gasteiger partial charge >= 0.3 is 0 Å². The van der Waals surface area contributed by atoms with Crippen LogP contribution in [0.5, 0.6) is 0 Å². The maximum absolute atomic E-state index is 12.3. The summed E-state index contributed by atoms with van der Waals surface area (Å²) in [5.74, 6) is 0.0598. The highest BCUT2D eigenvalue weighted by Crippen LogP contribution is 2.16. The maximum Gasteiger partial charge on any atom is 0.255 e. The molecule has 0 aromatic rings. The summed E-state index contributed by atoms with van der Waals surface area (Å²) in [5, 5.41) is 8.77. The molecule has 0 saturated heterocycles. The van der Waals surface area contributed by atoms with E-state index in [9.17, 15) is 13.6 Å². The molecule has 0 aromatic heterocycles. The summed E-state index contributed by atoms with van der Waals surface area (Å²) in [4.78, 5) is 12.9. The lowest BCUT2D eigenvalue weighted by Crippen LogP contribution is -2.39. The van der Waals surface area contributed by atoms with Gasteiger partial charge in [-0.05, 0) is 24.8 Å². The van der Waals surface area contributed by atoms with Crippen LogP contribution in [-0.4, -0.2) is 48.6 Å². The van der Waals surface area contributed by atoms with Crippen LogP contribution in [0.4, 0.5) is 8.78 Å². The first-order chi connectivity index (χ1) is 8.40. The molecule has 0 heterocycles. The van der Waals surface area contributed by atoms with Crippen LogP contribution in [0.15, 0.2) is 0 Å². The molecule has 0 aliphatic carbocycles. The van der Waals surface area contributed by atoms with E-state index in [1.165, 1.54) is 0 Å². The van der Waals surface area contributed by atoms with Gasteiger partial charge in [-0.15, -0.1) is 0 Å². The Morgan fingerprint density at radius 3 is 2.39 bits per heavy atom. The van der Waals surface area contributed by atoms with Gasteiger partial charge in [-0.3, -0.25) is 4.79 Å². The zero-order valence-electron chi connectivity index (χ0n) is 11.1. The average molecular weight is 266 g/mol. The van der Waals surface area contributed by atoms with Crippen LogP contribution in [0.1, 0.15) is 26.7 Å². The van der Waals surface area contributed by atoms with Crippen LogP contribution in [0.25, 0.3) is 0 Å². The van der Waals surface area contributed by atoms with Crippen molar-refractivity contribution < 1.29 is 18.7 Å². The van der Waals surface area contributed by atoms with Gasteiger partial charge in [0.25, 0.3) is 6.43 Å². The Morgan fingerprint density at radius 1 is 1.39 bits per heavy atom. The van der Waals surface area contributed by atoms with E-state index in [0.29, 0.717) is 12.5 Å². The number of carbonyl (C=O) groups excluding carboxylic acids is 1. The minimum absolute atomic E-state index is 0.0105. The number of hydrogen-bond acceptors (Lipinski definition) is 3. The van der Waals surface area contributed by atoms with Crippen molar-refractivity contribution in [3.63, 3.8) is 0 Å². The van der Waals surface area contributed by atoms with Gasteiger partial charge in [0.05, 0.1) is 13.2 Å². The van der Waals surface area contributed by atoms with Gasteiger partial charge in [0.2, 0.25) is 5.91 Å². The minimum Gasteiger partial charge on any atom is -0.395 e. The zero-order valence-corrected chi connectivity index (χ0v) is 11.1. The summed E-state index contributed by atoms with van der Waals surface area (Å²) in [5.41, 5.74) is 5.58. The Kier molecular flexibility index (Phi) is 8.83. The molecule has 4 nitrogen and oxygen atoms in total. The summed E-state index contributed by atoms with van der Waals surface area (Å²) in [6, 6.07) is 0. The smallest absolute Gasteiger partial charge is 0.255 e. The third kappa shape index (κ3) is 7.55. The molecule has 0 saturated carbocycles. The molecule has 1 amide bonds. The number of hydrogen-bond donors (Lipinski definition) is 2. The predicted octanol–water partition coefficient (Wildman–Crippen LogP) is 1.08. The fourth-order valence-corrected chi connectivity index (χ4v) is 1.91. The van der Waals surface area contributed by atoms with Gasteiger partial charge in [-0.2, -0.15) is 0 Å². The molecule has 1 unspecified atom stereocenters. The first-order valence-corrected chi connectivity index (χ1v) is 6.27. The van der Waals surface area contributed by atoms with Crippen LogP contribution >= 0.6 is 0 Å². The summed E-state index contributed by atoms with van der Waals surface area (Å²) < 4.78 is 24.6. The van der Waals surface area contributed by atoms with Crippen molar-refractivity contribution in [1.29, 1.82) is 0 Å². The standard InChI is InChI=1S/C12H24F2N2O2/c1-9(2)5-10(7-15)6-12(18)16(3-4-17)8-11(13)14/h9-11,17H,3-8,15H2,1-2H3. The van der Waals surface area contributed by atoms with E-state index >= 15 is 0 Å². The van der Waals surface area contributed by atoms with E-state index in [0.717, 1.165) is 11.3 Å². The van der Waals surface area contributed by atoms with Gasteiger partial charge in [0, 0.05) is 13.0 Å². The van der Waals surface area contributed by atoms with Crippen molar-refractivity contribution in [2.45, 2.75) is 33.1 Å². The first-order valence-electron chi connectivity index (χ1n) is 6.27. The van der Waals surface area contributed by atoms with E-state index < -0.39 is 13.0 Å². The Bertz CT molecular complexity index is 238. The summed E-state index contributed by atoms with van der Waals surface area (Å²) in [6.07, 6.45) is -1.62. The number of aliphatic hydroxyl groups excluding tert-OH is 1. The zero-order chi connectivity index (χ0) is 14.1. The molecule has 0 rings (SSSR count). The third-order valence-corrected chi connectivity index (χ3v) is 2.68. The quantitative estimate of drug-likeness (QED) is 0.656. The van der Waals surface area contributed by atoms with Gasteiger partial charge in [0.15, 0.2) is 0 Å².